The van der Waals surface area contributed by atoms with E-state index in [1.807, 2.05) is 0 Å². The van der Waals surface area contributed by atoms with Crippen molar-refractivity contribution in [3.05, 3.63) is 0 Å². The van der Waals surface area contributed by atoms with Crippen LogP contribution in [0.3, 0.4) is 0 Å². The minimum absolute atomic E-state index is 0.470. The topological polar surface area (TPSA) is 33.3 Å². The van der Waals surface area contributed by atoms with Gasteiger partial charge in [0.2, 0.25) is 0 Å². The van der Waals surface area contributed by atoms with Crippen molar-refractivity contribution < 1.29 is 4.52 Å². The van der Waals surface area contributed by atoms with Crippen LogP contribution in [0.1, 0.15) is 6.42 Å². The Bertz CT molecular complexity index is 65.1. The van der Waals surface area contributed by atoms with Gasteiger partial charge in [-0.15, -0.1) is 0 Å². The van der Waals surface area contributed by atoms with Crippen molar-refractivity contribution in [2.75, 3.05) is 20.2 Å². The fraction of sp³-hybridized carbons (Fsp3) is 1.00. The third-order valence-corrected chi connectivity index (χ3v) is 2.43. The third-order valence-electron chi connectivity index (χ3n) is 1.05. The van der Waals surface area contributed by atoms with E-state index in [0.29, 0.717) is 0 Å². The van der Waals surface area contributed by atoms with Gasteiger partial charge in [0.15, 0.2) is 8.45 Å². The highest BCUT2D eigenvalue weighted by molar-refractivity contribution is 7.48. The van der Waals surface area contributed by atoms with Crippen LogP contribution in [-0.2, 0) is 4.52 Å². The molecule has 0 aromatic rings. The van der Waals surface area contributed by atoms with E-state index in [9.17, 15) is 0 Å². The maximum Gasteiger partial charge on any atom is 0.181 e. The Morgan fingerprint density at radius 1 is 1.38 bits per heavy atom. The molecule has 0 aromatic heterocycles. The Morgan fingerprint density at radius 2 is 2.00 bits per heavy atom. The van der Waals surface area contributed by atoms with E-state index in [4.69, 9.17) is 4.52 Å². The average Bonchev–Trinajstić information content (AvgIpc) is 1.90. The van der Waals surface area contributed by atoms with Crippen LogP contribution in [-0.4, -0.2) is 20.2 Å². The second-order valence-electron chi connectivity index (χ2n) is 1.65. The lowest BCUT2D eigenvalue weighted by molar-refractivity contribution is 0.432. The summed E-state index contributed by atoms with van der Waals surface area (Å²) >= 11 is 0. The van der Waals surface area contributed by atoms with Gasteiger partial charge in [0.25, 0.3) is 0 Å². The van der Waals surface area contributed by atoms with Crippen LogP contribution in [0.25, 0.3) is 0 Å². The predicted molar refractivity (Wildman–Crippen MR) is 34.6 cm³/mol. The zero-order valence-electron chi connectivity index (χ0n) is 4.98. The molecule has 1 saturated heterocycles. The van der Waals surface area contributed by atoms with E-state index in [1.54, 1.807) is 7.11 Å². The van der Waals surface area contributed by atoms with Crippen LogP contribution >= 0.6 is 8.45 Å². The number of hydrogen-bond acceptors (Lipinski definition) is 3. The van der Waals surface area contributed by atoms with E-state index in [-0.39, 0.29) is 0 Å². The molecule has 0 spiro atoms. The zero-order valence-corrected chi connectivity index (χ0v) is 5.87. The first-order valence-corrected chi connectivity index (χ1v) is 4.00. The smallest absolute Gasteiger partial charge is 0.181 e. The standard InChI is InChI=1S/C4H11N2OP/c1-7-8-5-3-2-4-6-8/h5-6H,2-4H2,1H3. The first kappa shape index (κ1) is 6.43. The van der Waals surface area contributed by atoms with Crippen molar-refractivity contribution in [3.8, 4) is 0 Å². The quantitative estimate of drug-likeness (QED) is 0.510. The van der Waals surface area contributed by atoms with Gasteiger partial charge in [0, 0.05) is 20.2 Å². The maximum absolute atomic E-state index is 5.03. The summed E-state index contributed by atoms with van der Waals surface area (Å²) in [4.78, 5) is 0. The Hall–Kier alpha value is 0.310. The lowest BCUT2D eigenvalue weighted by Crippen LogP contribution is -2.28. The van der Waals surface area contributed by atoms with Crippen molar-refractivity contribution in [2.45, 2.75) is 6.42 Å². The van der Waals surface area contributed by atoms with Crippen molar-refractivity contribution in [3.63, 3.8) is 0 Å². The molecule has 1 heterocycles. The Labute approximate surface area is 50.7 Å². The normalized spacial score (nSPS) is 23.6. The summed E-state index contributed by atoms with van der Waals surface area (Å²) in [5.41, 5.74) is 0. The SMILES string of the molecule is COP1NCCCN1. The summed E-state index contributed by atoms with van der Waals surface area (Å²) in [5.74, 6) is 0. The van der Waals surface area contributed by atoms with Gasteiger partial charge in [-0.2, -0.15) is 0 Å². The molecule has 0 saturated carbocycles. The van der Waals surface area contributed by atoms with E-state index >= 15 is 0 Å². The molecule has 1 aliphatic rings. The summed E-state index contributed by atoms with van der Waals surface area (Å²) in [6.07, 6.45) is 1.21. The summed E-state index contributed by atoms with van der Waals surface area (Å²) < 4.78 is 5.03. The highest BCUT2D eigenvalue weighted by atomic mass is 31.2. The molecule has 0 amide bonds. The van der Waals surface area contributed by atoms with Gasteiger partial charge in [0.1, 0.15) is 0 Å². The first-order chi connectivity index (χ1) is 3.93. The van der Waals surface area contributed by atoms with Crippen LogP contribution in [0.2, 0.25) is 0 Å². The van der Waals surface area contributed by atoms with Gasteiger partial charge in [-0.05, 0) is 6.42 Å². The Balaban J connectivity index is 2.13. The van der Waals surface area contributed by atoms with Crippen LogP contribution in [0, 0.1) is 0 Å². The molecule has 2 N–H and O–H groups in total. The molecule has 4 heteroatoms. The largest absolute Gasteiger partial charge is 0.335 e. The number of rotatable bonds is 1. The lowest BCUT2D eigenvalue weighted by atomic mass is 10.4. The Kier molecular flexibility index (Phi) is 2.70. The van der Waals surface area contributed by atoms with Crippen molar-refractivity contribution >= 4 is 8.45 Å². The minimum Gasteiger partial charge on any atom is -0.335 e. The second kappa shape index (κ2) is 3.36. The van der Waals surface area contributed by atoms with Gasteiger partial charge < -0.3 is 4.52 Å². The van der Waals surface area contributed by atoms with Gasteiger partial charge in [0.05, 0.1) is 0 Å². The Morgan fingerprint density at radius 3 is 2.38 bits per heavy atom. The molecule has 0 aromatic carbocycles. The molecular formula is C4H11N2OP. The fourth-order valence-corrected chi connectivity index (χ4v) is 1.73. The number of nitrogens with one attached hydrogen (secondary N) is 2. The second-order valence-corrected chi connectivity index (χ2v) is 3.23. The van der Waals surface area contributed by atoms with Crippen molar-refractivity contribution in [1.82, 2.24) is 10.2 Å². The highest BCUT2D eigenvalue weighted by Gasteiger charge is 2.08. The average molecular weight is 134 g/mol. The van der Waals surface area contributed by atoms with Gasteiger partial charge in [-0.25, -0.2) is 0 Å². The molecule has 0 unspecified atom stereocenters. The van der Waals surface area contributed by atoms with E-state index in [0.717, 1.165) is 13.1 Å². The van der Waals surface area contributed by atoms with Crippen molar-refractivity contribution in [1.29, 1.82) is 0 Å². The fourth-order valence-electron chi connectivity index (χ4n) is 0.635. The minimum atomic E-state index is -0.470. The summed E-state index contributed by atoms with van der Waals surface area (Å²) in [5, 5.41) is 6.40. The molecule has 0 atom stereocenters. The molecule has 1 fully saturated rings. The van der Waals surface area contributed by atoms with Gasteiger partial charge >= 0.3 is 0 Å². The van der Waals surface area contributed by atoms with E-state index < -0.39 is 8.45 Å². The van der Waals surface area contributed by atoms with Crippen LogP contribution in [0.5, 0.6) is 0 Å². The molecule has 0 bridgehead atoms. The highest BCUT2D eigenvalue weighted by Crippen LogP contribution is 2.26. The molecular weight excluding hydrogens is 123 g/mol. The number of hydrogen-bond donors (Lipinski definition) is 2. The molecule has 1 rings (SSSR count). The van der Waals surface area contributed by atoms with Gasteiger partial charge in [-0.1, -0.05) is 0 Å². The monoisotopic (exact) mass is 134 g/mol. The van der Waals surface area contributed by atoms with E-state index in [1.165, 1.54) is 6.42 Å². The van der Waals surface area contributed by atoms with Crippen LogP contribution in [0.15, 0.2) is 0 Å². The van der Waals surface area contributed by atoms with Crippen LogP contribution in [0.4, 0.5) is 0 Å². The molecule has 0 radical (unpaired) electrons. The molecule has 3 nitrogen and oxygen atoms in total. The lowest BCUT2D eigenvalue weighted by Gasteiger charge is -2.21. The molecule has 0 aliphatic carbocycles. The first-order valence-electron chi connectivity index (χ1n) is 2.75. The zero-order chi connectivity index (χ0) is 5.82. The summed E-state index contributed by atoms with van der Waals surface area (Å²) in [7, 11) is 1.25. The van der Waals surface area contributed by atoms with Gasteiger partial charge in [-0.3, -0.25) is 10.2 Å². The van der Waals surface area contributed by atoms with Crippen LogP contribution < -0.4 is 10.2 Å². The van der Waals surface area contributed by atoms with E-state index in [2.05, 4.69) is 10.2 Å². The summed E-state index contributed by atoms with van der Waals surface area (Å²) in [6, 6.07) is 0. The maximum atomic E-state index is 5.03. The molecule has 48 valence electrons. The predicted octanol–water partition coefficient (Wildman–Crippen LogP) is 0.443. The molecule has 8 heavy (non-hydrogen) atoms. The third kappa shape index (κ3) is 1.67. The molecule has 1 aliphatic heterocycles. The van der Waals surface area contributed by atoms with Crippen molar-refractivity contribution in [2.24, 2.45) is 0 Å². The summed E-state index contributed by atoms with van der Waals surface area (Å²) in [6.45, 7) is 2.18.